The third-order valence-electron chi connectivity index (χ3n) is 3.68. The molecule has 0 saturated heterocycles. The molecule has 0 atom stereocenters. The Hall–Kier alpha value is -1.22. The quantitative estimate of drug-likeness (QED) is 0.842. The third kappa shape index (κ3) is 3.64. The van der Waals surface area contributed by atoms with E-state index in [9.17, 15) is 0 Å². The molecule has 0 radical (unpaired) electrons. The molecule has 0 bridgehead atoms. The predicted octanol–water partition coefficient (Wildman–Crippen LogP) is 3.11. The summed E-state index contributed by atoms with van der Waals surface area (Å²) in [5.74, 6) is 2.55. The molecule has 2 N–H and O–H groups in total. The van der Waals surface area contributed by atoms with Crippen molar-refractivity contribution in [3.8, 4) is 11.5 Å². The van der Waals surface area contributed by atoms with Gasteiger partial charge in [0.1, 0.15) is 11.5 Å². The SMILES string of the molecule is COc1cc(CN)cc(OCCC2CCCC2)c1. The number of nitrogens with two attached hydrogens (primary N) is 1. The average Bonchev–Trinajstić information content (AvgIpc) is 2.91. The van der Waals surface area contributed by atoms with Crippen LogP contribution in [0, 0.1) is 5.92 Å². The summed E-state index contributed by atoms with van der Waals surface area (Å²) in [5.41, 5.74) is 6.71. The summed E-state index contributed by atoms with van der Waals surface area (Å²) in [5, 5.41) is 0. The topological polar surface area (TPSA) is 44.5 Å². The Morgan fingerprint density at radius 3 is 2.56 bits per heavy atom. The van der Waals surface area contributed by atoms with Gasteiger partial charge in [-0.15, -0.1) is 0 Å². The first-order chi connectivity index (χ1) is 8.81. The van der Waals surface area contributed by atoms with Crippen molar-refractivity contribution in [1.82, 2.24) is 0 Å². The molecule has 0 spiro atoms. The lowest BCUT2D eigenvalue weighted by atomic mass is 10.1. The molecule has 0 aliphatic heterocycles. The molecular weight excluding hydrogens is 226 g/mol. The van der Waals surface area contributed by atoms with E-state index in [2.05, 4.69) is 0 Å². The maximum Gasteiger partial charge on any atom is 0.123 e. The van der Waals surface area contributed by atoms with E-state index in [1.807, 2.05) is 18.2 Å². The van der Waals surface area contributed by atoms with Gasteiger partial charge in [-0.05, 0) is 30.0 Å². The van der Waals surface area contributed by atoms with E-state index in [0.717, 1.165) is 36.0 Å². The first-order valence-electron chi connectivity index (χ1n) is 6.82. The summed E-state index contributed by atoms with van der Waals surface area (Å²) < 4.78 is 11.1. The number of rotatable bonds is 6. The Balaban J connectivity index is 1.87. The Morgan fingerprint density at radius 1 is 1.17 bits per heavy atom. The number of ether oxygens (including phenoxy) is 2. The van der Waals surface area contributed by atoms with Crippen LogP contribution in [0.3, 0.4) is 0 Å². The molecule has 0 unspecified atom stereocenters. The van der Waals surface area contributed by atoms with E-state index in [0.29, 0.717) is 6.54 Å². The number of benzene rings is 1. The fourth-order valence-corrected chi connectivity index (χ4v) is 2.59. The zero-order valence-corrected chi connectivity index (χ0v) is 11.2. The van der Waals surface area contributed by atoms with Crippen molar-refractivity contribution in [2.24, 2.45) is 11.7 Å². The fraction of sp³-hybridized carbons (Fsp3) is 0.600. The van der Waals surface area contributed by atoms with Crippen LogP contribution in [0.5, 0.6) is 11.5 Å². The van der Waals surface area contributed by atoms with Gasteiger partial charge in [-0.3, -0.25) is 0 Å². The molecule has 0 heterocycles. The second-order valence-corrected chi connectivity index (χ2v) is 5.01. The van der Waals surface area contributed by atoms with Crippen LogP contribution in [0.2, 0.25) is 0 Å². The molecular formula is C15H23NO2. The van der Waals surface area contributed by atoms with Gasteiger partial charge in [0.25, 0.3) is 0 Å². The molecule has 3 nitrogen and oxygen atoms in total. The summed E-state index contributed by atoms with van der Waals surface area (Å²) in [6.07, 6.45) is 6.68. The van der Waals surface area contributed by atoms with Crippen molar-refractivity contribution < 1.29 is 9.47 Å². The summed E-state index contributed by atoms with van der Waals surface area (Å²) >= 11 is 0. The van der Waals surface area contributed by atoms with Gasteiger partial charge in [0.2, 0.25) is 0 Å². The summed E-state index contributed by atoms with van der Waals surface area (Å²) in [7, 11) is 1.66. The van der Waals surface area contributed by atoms with Gasteiger partial charge in [-0.2, -0.15) is 0 Å². The maximum atomic E-state index is 5.82. The van der Waals surface area contributed by atoms with Crippen LogP contribution in [-0.2, 0) is 6.54 Å². The zero-order chi connectivity index (χ0) is 12.8. The molecule has 1 aliphatic carbocycles. The van der Waals surface area contributed by atoms with Gasteiger partial charge < -0.3 is 15.2 Å². The van der Waals surface area contributed by atoms with Crippen LogP contribution in [0.15, 0.2) is 18.2 Å². The second-order valence-electron chi connectivity index (χ2n) is 5.01. The lowest BCUT2D eigenvalue weighted by molar-refractivity contribution is 0.277. The molecule has 100 valence electrons. The molecule has 1 aromatic rings. The molecule has 0 aromatic heterocycles. The van der Waals surface area contributed by atoms with E-state index in [1.54, 1.807) is 7.11 Å². The number of hydrogen-bond acceptors (Lipinski definition) is 3. The highest BCUT2D eigenvalue weighted by molar-refractivity contribution is 5.38. The van der Waals surface area contributed by atoms with Gasteiger partial charge in [0.05, 0.1) is 13.7 Å². The molecule has 1 fully saturated rings. The predicted molar refractivity (Wildman–Crippen MR) is 73.0 cm³/mol. The van der Waals surface area contributed by atoms with Crippen molar-refractivity contribution in [2.45, 2.75) is 38.6 Å². The minimum absolute atomic E-state index is 0.510. The minimum atomic E-state index is 0.510. The molecule has 0 amide bonds. The monoisotopic (exact) mass is 249 g/mol. The maximum absolute atomic E-state index is 5.82. The first-order valence-corrected chi connectivity index (χ1v) is 6.82. The van der Waals surface area contributed by atoms with E-state index < -0.39 is 0 Å². The number of methoxy groups -OCH3 is 1. The Labute approximate surface area is 109 Å². The highest BCUT2D eigenvalue weighted by Crippen LogP contribution is 2.28. The van der Waals surface area contributed by atoms with Gasteiger partial charge in [0, 0.05) is 12.6 Å². The minimum Gasteiger partial charge on any atom is -0.497 e. The first kappa shape index (κ1) is 13.2. The Bertz CT molecular complexity index is 351. The van der Waals surface area contributed by atoms with Gasteiger partial charge in [-0.1, -0.05) is 25.7 Å². The van der Waals surface area contributed by atoms with Crippen LogP contribution in [0.1, 0.15) is 37.7 Å². The van der Waals surface area contributed by atoms with Crippen molar-refractivity contribution in [2.75, 3.05) is 13.7 Å². The van der Waals surface area contributed by atoms with Gasteiger partial charge in [-0.25, -0.2) is 0 Å². The lowest BCUT2D eigenvalue weighted by Gasteiger charge is -2.12. The molecule has 1 aromatic carbocycles. The van der Waals surface area contributed by atoms with Gasteiger partial charge >= 0.3 is 0 Å². The summed E-state index contributed by atoms with van der Waals surface area (Å²) in [6.45, 7) is 1.30. The number of hydrogen-bond donors (Lipinski definition) is 1. The van der Waals surface area contributed by atoms with Gasteiger partial charge in [0.15, 0.2) is 0 Å². The lowest BCUT2D eigenvalue weighted by Crippen LogP contribution is -2.05. The van der Waals surface area contributed by atoms with E-state index in [4.69, 9.17) is 15.2 Å². The normalized spacial score (nSPS) is 15.9. The summed E-state index contributed by atoms with van der Waals surface area (Å²) in [4.78, 5) is 0. The largest absolute Gasteiger partial charge is 0.497 e. The second kappa shape index (κ2) is 6.64. The molecule has 2 rings (SSSR count). The van der Waals surface area contributed by atoms with Crippen molar-refractivity contribution in [1.29, 1.82) is 0 Å². The molecule has 1 saturated carbocycles. The van der Waals surface area contributed by atoms with E-state index >= 15 is 0 Å². The van der Waals surface area contributed by atoms with Crippen LogP contribution in [0.25, 0.3) is 0 Å². The standard InChI is InChI=1S/C15H23NO2/c1-17-14-8-13(11-16)9-15(10-14)18-7-6-12-4-2-3-5-12/h8-10,12H,2-7,11,16H2,1H3. The fourth-order valence-electron chi connectivity index (χ4n) is 2.59. The molecule has 18 heavy (non-hydrogen) atoms. The van der Waals surface area contributed by atoms with E-state index in [-0.39, 0.29) is 0 Å². The zero-order valence-electron chi connectivity index (χ0n) is 11.2. The highest BCUT2D eigenvalue weighted by Gasteiger charge is 2.14. The Kier molecular flexibility index (Phi) is 4.88. The van der Waals surface area contributed by atoms with Crippen LogP contribution in [0.4, 0.5) is 0 Å². The molecule has 1 aliphatic rings. The van der Waals surface area contributed by atoms with Crippen molar-refractivity contribution in [3.63, 3.8) is 0 Å². The van der Waals surface area contributed by atoms with Crippen LogP contribution >= 0.6 is 0 Å². The molecule has 3 heteroatoms. The highest BCUT2D eigenvalue weighted by atomic mass is 16.5. The third-order valence-corrected chi connectivity index (χ3v) is 3.68. The van der Waals surface area contributed by atoms with Crippen LogP contribution < -0.4 is 15.2 Å². The Morgan fingerprint density at radius 2 is 1.89 bits per heavy atom. The smallest absolute Gasteiger partial charge is 0.123 e. The van der Waals surface area contributed by atoms with E-state index in [1.165, 1.54) is 25.7 Å². The average molecular weight is 249 g/mol. The van der Waals surface area contributed by atoms with Crippen molar-refractivity contribution in [3.05, 3.63) is 23.8 Å². The summed E-state index contributed by atoms with van der Waals surface area (Å²) in [6, 6.07) is 5.87. The van der Waals surface area contributed by atoms with Crippen molar-refractivity contribution >= 4 is 0 Å². The van der Waals surface area contributed by atoms with Crippen LogP contribution in [-0.4, -0.2) is 13.7 Å².